The van der Waals surface area contributed by atoms with Crippen molar-refractivity contribution in [3.8, 4) is 0 Å². The lowest BCUT2D eigenvalue weighted by Crippen LogP contribution is -2.11. The number of rotatable bonds is 3. The first kappa shape index (κ1) is 12.2. The molecular weight excluding hydrogens is 250 g/mol. The smallest absolute Gasteiger partial charge is 0.269 e. The molecule has 98 valence electrons. The van der Waals surface area contributed by atoms with Gasteiger partial charge in [0.2, 0.25) is 0 Å². The lowest BCUT2D eigenvalue weighted by molar-refractivity contribution is 0.0997. The van der Waals surface area contributed by atoms with Gasteiger partial charge in [-0.15, -0.1) is 0 Å². The van der Waals surface area contributed by atoms with Crippen molar-refractivity contribution in [2.75, 3.05) is 0 Å². The molecule has 4 heteroatoms. The van der Waals surface area contributed by atoms with Gasteiger partial charge in [-0.3, -0.25) is 9.89 Å². The molecule has 1 heterocycles. The van der Waals surface area contributed by atoms with Crippen molar-refractivity contribution in [2.24, 2.45) is 5.73 Å². The van der Waals surface area contributed by atoms with Crippen molar-refractivity contribution in [3.63, 3.8) is 0 Å². The number of amides is 1. The zero-order chi connectivity index (χ0) is 13.9. The summed E-state index contributed by atoms with van der Waals surface area (Å²) in [4.78, 5) is 11.2. The Bertz CT molecular complexity index is 788. The molecule has 2 aromatic carbocycles. The molecule has 20 heavy (non-hydrogen) atoms. The van der Waals surface area contributed by atoms with E-state index in [4.69, 9.17) is 5.73 Å². The molecule has 3 rings (SSSR count). The van der Waals surface area contributed by atoms with Crippen molar-refractivity contribution in [1.29, 1.82) is 0 Å². The van der Waals surface area contributed by atoms with E-state index in [-0.39, 0.29) is 5.69 Å². The summed E-state index contributed by atoms with van der Waals surface area (Å²) in [6.07, 6.45) is 4.05. The lowest BCUT2D eigenvalue weighted by Gasteiger charge is -1.96. The van der Waals surface area contributed by atoms with Gasteiger partial charge in [0.25, 0.3) is 5.91 Å². The van der Waals surface area contributed by atoms with Crippen molar-refractivity contribution >= 4 is 29.0 Å². The van der Waals surface area contributed by atoms with Gasteiger partial charge >= 0.3 is 0 Å². The van der Waals surface area contributed by atoms with Gasteiger partial charge in [0, 0.05) is 5.39 Å². The predicted octanol–water partition coefficient (Wildman–Crippen LogP) is 2.83. The lowest BCUT2D eigenvalue weighted by atomic mass is 10.1. The standard InChI is InChI=1S/C16H13N3O/c17-16(20)15-13-9-8-12(10-14(13)18-19-15)7-6-11-4-2-1-3-5-11/h1-10H,(H2,17,20)(H,18,19)/b7-6+. The highest BCUT2D eigenvalue weighted by Crippen LogP contribution is 2.18. The first-order valence-electron chi connectivity index (χ1n) is 6.25. The number of nitrogens with one attached hydrogen (secondary N) is 1. The molecule has 0 saturated carbocycles. The Hall–Kier alpha value is -2.88. The summed E-state index contributed by atoms with van der Waals surface area (Å²) < 4.78 is 0. The Morgan fingerprint density at radius 1 is 1.05 bits per heavy atom. The molecule has 3 aromatic rings. The fourth-order valence-electron chi connectivity index (χ4n) is 2.09. The van der Waals surface area contributed by atoms with Crippen LogP contribution in [0, 0.1) is 0 Å². The molecule has 0 radical (unpaired) electrons. The summed E-state index contributed by atoms with van der Waals surface area (Å²) in [6, 6.07) is 15.8. The molecule has 0 aliphatic carbocycles. The number of carbonyl (C=O) groups excluding carboxylic acids is 1. The number of fused-ring (bicyclic) bond motifs is 1. The van der Waals surface area contributed by atoms with Crippen LogP contribution in [0.1, 0.15) is 21.6 Å². The maximum Gasteiger partial charge on any atom is 0.269 e. The molecule has 0 spiro atoms. The third kappa shape index (κ3) is 2.31. The predicted molar refractivity (Wildman–Crippen MR) is 80.0 cm³/mol. The quantitative estimate of drug-likeness (QED) is 0.713. The van der Waals surface area contributed by atoms with Gasteiger partial charge in [0.15, 0.2) is 5.69 Å². The molecule has 0 atom stereocenters. The van der Waals surface area contributed by atoms with Gasteiger partial charge in [-0.05, 0) is 23.3 Å². The SMILES string of the molecule is NC(=O)c1n[nH]c2cc(/C=C/c3ccccc3)ccc12. The summed E-state index contributed by atoms with van der Waals surface area (Å²) in [5, 5.41) is 7.50. The van der Waals surface area contributed by atoms with Crippen LogP contribution in [0.25, 0.3) is 23.1 Å². The first-order valence-corrected chi connectivity index (χ1v) is 6.25. The largest absolute Gasteiger partial charge is 0.364 e. The van der Waals surface area contributed by atoms with Crippen LogP contribution in [0.5, 0.6) is 0 Å². The number of H-pyrrole nitrogens is 1. The van der Waals surface area contributed by atoms with E-state index in [1.165, 1.54) is 0 Å². The second-order valence-corrected chi connectivity index (χ2v) is 4.49. The van der Waals surface area contributed by atoms with Crippen LogP contribution < -0.4 is 5.73 Å². The molecule has 0 unspecified atom stereocenters. The van der Waals surface area contributed by atoms with E-state index in [2.05, 4.69) is 10.2 Å². The Kier molecular flexibility index (Phi) is 3.05. The zero-order valence-corrected chi connectivity index (χ0v) is 10.7. The Morgan fingerprint density at radius 3 is 2.55 bits per heavy atom. The number of aromatic nitrogens is 2. The summed E-state index contributed by atoms with van der Waals surface area (Å²) in [5.41, 5.74) is 8.50. The van der Waals surface area contributed by atoms with Crippen LogP contribution in [0.15, 0.2) is 48.5 Å². The Balaban J connectivity index is 1.94. The van der Waals surface area contributed by atoms with Gasteiger partial charge in [-0.2, -0.15) is 5.10 Å². The average molecular weight is 263 g/mol. The van der Waals surface area contributed by atoms with Crippen LogP contribution >= 0.6 is 0 Å². The monoisotopic (exact) mass is 263 g/mol. The van der Waals surface area contributed by atoms with Crippen molar-refractivity contribution < 1.29 is 4.79 Å². The summed E-state index contributed by atoms with van der Waals surface area (Å²) in [6.45, 7) is 0. The van der Waals surface area contributed by atoms with E-state index in [9.17, 15) is 4.79 Å². The Morgan fingerprint density at radius 2 is 1.80 bits per heavy atom. The number of nitrogens with two attached hydrogens (primary N) is 1. The molecule has 1 aromatic heterocycles. The van der Waals surface area contributed by atoms with Gasteiger partial charge in [-0.1, -0.05) is 48.6 Å². The van der Waals surface area contributed by atoms with E-state index < -0.39 is 5.91 Å². The van der Waals surface area contributed by atoms with Gasteiger partial charge < -0.3 is 5.73 Å². The molecule has 3 N–H and O–H groups in total. The van der Waals surface area contributed by atoms with Gasteiger partial charge in [0.1, 0.15) is 0 Å². The molecule has 0 bridgehead atoms. The second-order valence-electron chi connectivity index (χ2n) is 4.49. The molecule has 0 aliphatic heterocycles. The van der Waals surface area contributed by atoms with Gasteiger partial charge in [-0.25, -0.2) is 0 Å². The van der Waals surface area contributed by atoms with E-state index in [1.807, 2.05) is 60.7 Å². The van der Waals surface area contributed by atoms with Gasteiger partial charge in [0.05, 0.1) is 5.52 Å². The summed E-state index contributed by atoms with van der Waals surface area (Å²) in [7, 11) is 0. The highest BCUT2D eigenvalue weighted by atomic mass is 16.1. The van der Waals surface area contributed by atoms with Crippen LogP contribution in [-0.2, 0) is 0 Å². The third-order valence-corrected chi connectivity index (χ3v) is 3.09. The minimum absolute atomic E-state index is 0.276. The van der Waals surface area contributed by atoms with Crippen LogP contribution in [0.4, 0.5) is 0 Å². The molecule has 0 saturated heterocycles. The molecule has 0 fully saturated rings. The zero-order valence-electron chi connectivity index (χ0n) is 10.7. The van der Waals surface area contributed by atoms with E-state index in [0.29, 0.717) is 0 Å². The Labute approximate surface area is 115 Å². The maximum absolute atomic E-state index is 11.2. The topological polar surface area (TPSA) is 71.8 Å². The van der Waals surface area contributed by atoms with Crippen molar-refractivity contribution in [1.82, 2.24) is 10.2 Å². The van der Waals surface area contributed by atoms with E-state index >= 15 is 0 Å². The van der Waals surface area contributed by atoms with E-state index in [0.717, 1.165) is 22.0 Å². The summed E-state index contributed by atoms with van der Waals surface area (Å²) >= 11 is 0. The highest BCUT2D eigenvalue weighted by molar-refractivity contribution is 6.04. The average Bonchev–Trinajstić information content (AvgIpc) is 2.89. The molecule has 0 aliphatic rings. The number of carbonyl (C=O) groups is 1. The molecular formula is C16H13N3O. The van der Waals surface area contributed by atoms with Crippen LogP contribution in [0.3, 0.4) is 0 Å². The third-order valence-electron chi connectivity index (χ3n) is 3.09. The van der Waals surface area contributed by atoms with E-state index in [1.54, 1.807) is 0 Å². The fourth-order valence-corrected chi connectivity index (χ4v) is 2.09. The normalized spacial score (nSPS) is 11.2. The number of hydrogen-bond donors (Lipinski definition) is 2. The number of benzene rings is 2. The number of primary amides is 1. The van der Waals surface area contributed by atoms with Crippen molar-refractivity contribution in [2.45, 2.75) is 0 Å². The molecule has 1 amide bonds. The minimum Gasteiger partial charge on any atom is -0.364 e. The maximum atomic E-state index is 11.2. The highest BCUT2D eigenvalue weighted by Gasteiger charge is 2.10. The number of nitrogens with zero attached hydrogens (tertiary/aromatic N) is 1. The summed E-state index contributed by atoms with van der Waals surface area (Å²) in [5.74, 6) is -0.524. The van der Waals surface area contributed by atoms with Crippen LogP contribution in [-0.4, -0.2) is 16.1 Å². The van der Waals surface area contributed by atoms with Crippen molar-refractivity contribution in [3.05, 3.63) is 65.4 Å². The second kappa shape index (κ2) is 5.01. The number of aromatic amines is 1. The van der Waals surface area contributed by atoms with Crippen LogP contribution in [0.2, 0.25) is 0 Å². The minimum atomic E-state index is -0.524. The number of hydrogen-bond acceptors (Lipinski definition) is 2. The molecule has 4 nitrogen and oxygen atoms in total. The fraction of sp³-hybridized carbons (Fsp3) is 0. The first-order chi connectivity index (χ1) is 9.74.